The van der Waals surface area contributed by atoms with Crippen LogP contribution in [0.1, 0.15) is 5.56 Å². The van der Waals surface area contributed by atoms with E-state index >= 15 is 0 Å². The van der Waals surface area contributed by atoms with Gasteiger partial charge in [0.1, 0.15) is 0 Å². The smallest absolute Gasteiger partial charge is 0.246 e. The highest BCUT2D eigenvalue weighted by Crippen LogP contribution is 2.19. The summed E-state index contributed by atoms with van der Waals surface area (Å²) >= 11 is 0. The lowest BCUT2D eigenvalue weighted by Gasteiger charge is -2.37. The maximum Gasteiger partial charge on any atom is 0.246 e. The van der Waals surface area contributed by atoms with Gasteiger partial charge in [0.25, 0.3) is 0 Å². The number of nitrogens with one attached hydrogen (secondary N) is 1. The fourth-order valence-corrected chi connectivity index (χ4v) is 2.81. The lowest BCUT2D eigenvalue weighted by molar-refractivity contribution is -0.137. The van der Waals surface area contributed by atoms with Crippen LogP contribution in [-0.2, 0) is 25.4 Å². The normalized spacial score (nSPS) is 15.0. The summed E-state index contributed by atoms with van der Waals surface area (Å²) in [5.74, 6) is -0.965. The van der Waals surface area contributed by atoms with Crippen LogP contribution in [0.3, 0.4) is 0 Å². The summed E-state index contributed by atoms with van der Waals surface area (Å²) < 4.78 is 22.1. The van der Waals surface area contributed by atoms with Gasteiger partial charge in [-0.3, -0.25) is 9.59 Å². The highest BCUT2D eigenvalue weighted by molar-refractivity contribution is 7.88. The number of benzene rings is 1. The molecule has 0 aliphatic carbocycles. The summed E-state index contributed by atoms with van der Waals surface area (Å²) in [4.78, 5) is 24.9. The molecule has 0 bridgehead atoms. The largest absolute Gasteiger partial charge is 0.337 e. The Morgan fingerprint density at radius 2 is 2.09 bits per heavy atom. The van der Waals surface area contributed by atoms with Crippen LogP contribution in [-0.4, -0.2) is 38.2 Å². The van der Waals surface area contributed by atoms with Gasteiger partial charge in [0.05, 0.1) is 11.7 Å². The van der Waals surface area contributed by atoms with E-state index in [9.17, 15) is 18.0 Å². The van der Waals surface area contributed by atoms with E-state index in [1.54, 1.807) is 24.3 Å². The predicted octanol–water partition coefficient (Wildman–Crippen LogP) is 0.0580. The molecule has 0 aromatic heterocycles. The molecule has 1 saturated heterocycles. The summed E-state index contributed by atoms with van der Waals surface area (Å²) in [6.07, 6.45) is 1.21. The molecule has 0 radical (unpaired) electrons. The fraction of sp³-hybridized carbons (Fsp3) is 0.286. The molecule has 1 aliphatic rings. The van der Waals surface area contributed by atoms with Gasteiger partial charge in [0, 0.05) is 18.8 Å². The van der Waals surface area contributed by atoms with Crippen molar-refractivity contribution in [3.8, 4) is 0 Å². The number of amides is 2. The van der Waals surface area contributed by atoms with Crippen molar-refractivity contribution in [2.24, 2.45) is 11.1 Å². The number of nitrogens with two attached hydrogens (primary N) is 1. The molecule has 1 heterocycles. The van der Waals surface area contributed by atoms with Crippen molar-refractivity contribution in [1.29, 1.82) is 0 Å². The van der Waals surface area contributed by atoms with Crippen molar-refractivity contribution < 1.29 is 18.0 Å². The van der Waals surface area contributed by atoms with Crippen LogP contribution in [0, 0.1) is 5.92 Å². The first-order valence-corrected chi connectivity index (χ1v) is 8.31. The number of likely N-dealkylation sites (tertiary alicyclic amines) is 1. The average Bonchev–Trinajstić information content (AvgIpc) is 2.34. The van der Waals surface area contributed by atoms with Gasteiger partial charge in [-0.05, 0) is 23.8 Å². The van der Waals surface area contributed by atoms with E-state index in [4.69, 9.17) is 5.14 Å². The Morgan fingerprint density at radius 1 is 1.41 bits per heavy atom. The molecule has 0 unspecified atom stereocenters. The van der Waals surface area contributed by atoms with Gasteiger partial charge in [0.15, 0.2) is 0 Å². The van der Waals surface area contributed by atoms with Crippen molar-refractivity contribution in [3.05, 3.63) is 42.5 Å². The van der Waals surface area contributed by atoms with Gasteiger partial charge in [-0.2, -0.15) is 0 Å². The molecule has 8 heteroatoms. The molecule has 22 heavy (non-hydrogen) atoms. The molecular weight excluding hydrogens is 306 g/mol. The van der Waals surface area contributed by atoms with E-state index in [2.05, 4.69) is 11.9 Å². The molecule has 7 nitrogen and oxygen atoms in total. The average molecular weight is 323 g/mol. The molecule has 3 N–H and O–H groups in total. The molecule has 1 aliphatic heterocycles. The van der Waals surface area contributed by atoms with Gasteiger partial charge < -0.3 is 10.2 Å². The number of hydrogen-bond acceptors (Lipinski definition) is 4. The molecule has 1 aromatic carbocycles. The minimum Gasteiger partial charge on any atom is -0.337 e. The summed E-state index contributed by atoms with van der Waals surface area (Å²) in [7, 11) is -3.62. The van der Waals surface area contributed by atoms with Crippen LogP contribution in [0.2, 0.25) is 0 Å². The zero-order valence-corrected chi connectivity index (χ0v) is 12.7. The molecule has 2 rings (SSSR count). The maximum atomic E-state index is 12.0. The van der Waals surface area contributed by atoms with E-state index in [1.807, 2.05) is 0 Å². The molecule has 118 valence electrons. The lowest BCUT2D eigenvalue weighted by Crippen LogP contribution is -2.53. The quantitative estimate of drug-likeness (QED) is 0.746. The number of carbonyl (C=O) groups excluding carboxylic acids is 2. The van der Waals surface area contributed by atoms with Gasteiger partial charge in [-0.25, -0.2) is 13.6 Å². The van der Waals surface area contributed by atoms with Crippen molar-refractivity contribution in [3.63, 3.8) is 0 Å². The van der Waals surface area contributed by atoms with Crippen LogP contribution in [0.15, 0.2) is 36.9 Å². The zero-order valence-electron chi connectivity index (χ0n) is 11.9. The summed E-state index contributed by atoms with van der Waals surface area (Å²) in [6, 6.07) is 6.49. The maximum absolute atomic E-state index is 12.0. The first kappa shape index (κ1) is 16.2. The minimum absolute atomic E-state index is 0.195. The first-order valence-electron chi connectivity index (χ1n) is 6.60. The van der Waals surface area contributed by atoms with E-state index < -0.39 is 10.0 Å². The van der Waals surface area contributed by atoms with Crippen molar-refractivity contribution in [2.75, 3.05) is 18.4 Å². The molecule has 0 atom stereocenters. The fourth-order valence-electron chi connectivity index (χ4n) is 2.17. The van der Waals surface area contributed by atoms with E-state index in [-0.39, 0.29) is 23.5 Å². The van der Waals surface area contributed by atoms with E-state index in [0.717, 1.165) is 0 Å². The van der Waals surface area contributed by atoms with Gasteiger partial charge in [0.2, 0.25) is 21.8 Å². The van der Waals surface area contributed by atoms with Crippen LogP contribution in [0.25, 0.3) is 0 Å². The number of hydrogen-bond donors (Lipinski definition) is 2. The van der Waals surface area contributed by atoms with Crippen LogP contribution in [0.5, 0.6) is 0 Å². The zero-order chi connectivity index (χ0) is 16.3. The highest BCUT2D eigenvalue weighted by Gasteiger charge is 2.34. The minimum atomic E-state index is -3.62. The van der Waals surface area contributed by atoms with Gasteiger partial charge in [-0.15, -0.1) is 0 Å². The number of anilines is 1. The monoisotopic (exact) mass is 323 g/mol. The topological polar surface area (TPSA) is 110 Å². The van der Waals surface area contributed by atoms with Gasteiger partial charge >= 0.3 is 0 Å². The van der Waals surface area contributed by atoms with Crippen molar-refractivity contribution >= 4 is 27.5 Å². The summed E-state index contributed by atoms with van der Waals surface area (Å²) in [5.41, 5.74) is 0.997. The lowest BCUT2D eigenvalue weighted by atomic mass is 9.99. The Labute approximate surface area is 128 Å². The second-order valence-corrected chi connectivity index (χ2v) is 6.76. The van der Waals surface area contributed by atoms with E-state index in [1.165, 1.54) is 11.0 Å². The van der Waals surface area contributed by atoms with Crippen LogP contribution < -0.4 is 10.5 Å². The number of rotatable bonds is 5. The third kappa shape index (κ3) is 4.15. The summed E-state index contributed by atoms with van der Waals surface area (Å²) in [6.45, 7) is 4.10. The Bertz CT molecular complexity index is 709. The Hall–Kier alpha value is -2.19. The highest BCUT2D eigenvalue weighted by atomic mass is 32.2. The Kier molecular flexibility index (Phi) is 4.62. The number of sulfonamides is 1. The van der Waals surface area contributed by atoms with Crippen molar-refractivity contribution in [1.82, 2.24) is 4.90 Å². The van der Waals surface area contributed by atoms with Crippen LogP contribution in [0.4, 0.5) is 5.69 Å². The number of carbonyl (C=O) groups is 2. The number of primary sulfonamides is 1. The van der Waals surface area contributed by atoms with Crippen molar-refractivity contribution in [2.45, 2.75) is 5.75 Å². The molecule has 1 fully saturated rings. The molecule has 0 spiro atoms. The Morgan fingerprint density at radius 3 is 2.68 bits per heavy atom. The third-order valence-electron chi connectivity index (χ3n) is 3.30. The Balaban J connectivity index is 1.94. The second-order valence-electron chi connectivity index (χ2n) is 5.14. The molecule has 1 aromatic rings. The standard InChI is InChI=1S/C14H17N3O4S/c1-2-13(18)17-7-11(8-17)14(19)16-12-5-3-4-10(6-12)9-22(15,20)21/h2-6,11H,1,7-9H2,(H,16,19)(H2,15,20,21). The first-order chi connectivity index (χ1) is 10.3. The van der Waals surface area contributed by atoms with Gasteiger partial charge in [-0.1, -0.05) is 18.7 Å². The SMILES string of the molecule is C=CC(=O)N1CC(C(=O)Nc2cccc(CS(N)(=O)=O)c2)C1. The molecule has 2 amide bonds. The second kappa shape index (κ2) is 6.29. The third-order valence-corrected chi connectivity index (χ3v) is 4.04. The number of nitrogens with zero attached hydrogens (tertiary/aromatic N) is 1. The van der Waals surface area contributed by atoms with Crippen LogP contribution >= 0.6 is 0 Å². The predicted molar refractivity (Wildman–Crippen MR) is 82.1 cm³/mol. The van der Waals surface area contributed by atoms with E-state index in [0.29, 0.717) is 24.3 Å². The molecule has 0 saturated carbocycles. The summed E-state index contributed by atoms with van der Waals surface area (Å²) in [5, 5.41) is 7.70. The molecular formula is C14H17N3O4S.